The predicted octanol–water partition coefficient (Wildman–Crippen LogP) is 11.8. The van der Waals surface area contributed by atoms with Gasteiger partial charge in [-0.1, -0.05) is 188 Å². The van der Waals surface area contributed by atoms with Gasteiger partial charge >= 0.3 is 0 Å². The van der Waals surface area contributed by atoms with E-state index >= 15 is 4.57 Å². The number of rotatable bonds is 6. The third-order valence-electron chi connectivity index (χ3n) is 9.93. The number of benzene rings is 9. The van der Waals surface area contributed by atoms with Crippen molar-refractivity contribution in [1.82, 2.24) is 0 Å². The van der Waals surface area contributed by atoms with E-state index in [0.717, 1.165) is 32.2 Å². The van der Waals surface area contributed by atoms with Crippen molar-refractivity contribution in [2.75, 3.05) is 0 Å². The minimum atomic E-state index is -3.07. The first kappa shape index (κ1) is 30.1. The van der Waals surface area contributed by atoms with E-state index in [4.69, 9.17) is 0 Å². The molecule has 0 saturated carbocycles. The lowest BCUT2D eigenvalue weighted by Crippen LogP contribution is -2.24. The van der Waals surface area contributed by atoms with Gasteiger partial charge in [-0.25, -0.2) is 0 Å². The third kappa shape index (κ3) is 5.07. The van der Waals surface area contributed by atoms with Crippen LogP contribution in [0.2, 0.25) is 0 Å². The SMILES string of the molecule is O=P(c1ccccc1)(c1ccccc1)c1ccc2cc(-c3c4ccccc4c(-c4ccc(-c5ccccc5)cc4)c4ccccc34)ccc2c1. The Morgan fingerprint density at radius 3 is 1.20 bits per heavy atom. The molecule has 50 heavy (non-hydrogen) atoms. The maximum Gasteiger partial charge on any atom is 0.171 e. The molecule has 0 heterocycles. The standard InChI is InChI=1S/C48H33OP/c49-50(40-16-6-2-7-17-40,41-18-8-3-9-19-41)42-31-30-37-32-39(29-28-38(37)33-42)48-45-22-12-10-20-43(45)47(44-21-11-13-23-46(44)48)36-26-24-35(25-27-36)34-14-4-1-5-15-34/h1-33H. The van der Waals surface area contributed by atoms with Crippen LogP contribution in [0.1, 0.15) is 0 Å². The molecule has 0 spiro atoms. The fraction of sp³-hybridized carbons (Fsp3) is 0. The van der Waals surface area contributed by atoms with Gasteiger partial charge in [0.05, 0.1) is 0 Å². The molecule has 0 aromatic heterocycles. The Morgan fingerprint density at radius 2 is 0.660 bits per heavy atom. The van der Waals surface area contributed by atoms with Gasteiger partial charge in [-0.15, -0.1) is 0 Å². The summed E-state index contributed by atoms with van der Waals surface area (Å²) in [6.07, 6.45) is 0. The van der Waals surface area contributed by atoms with Gasteiger partial charge < -0.3 is 4.57 Å². The predicted molar refractivity (Wildman–Crippen MR) is 215 cm³/mol. The molecular weight excluding hydrogens is 624 g/mol. The molecule has 0 radical (unpaired) electrons. The van der Waals surface area contributed by atoms with Crippen molar-refractivity contribution in [3.05, 3.63) is 200 Å². The lowest BCUT2D eigenvalue weighted by Gasteiger charge is -2.21. The minimum Gasteiger partial charge on any atom is -0.309 e. The zero-order chi connectivity index (χ0) is 33.5. The fourth-order valence-corrected chi connectivity index (χ4v) is 10.2. The Labute approximate surface area is 292 Å². The van der Waals surface area contributed by atoms with Crippen molar-refractivity contribution in [2.45, 2.75) is 0 Å². The summed E-state index contributed by atoms with van der Waals surface area (Å²) in [4.78, 5) is 0. The van der Waals surface area contributed by atoms with Crippen LogP contribution in [0.3, 0.4) is 0 Å². The van der Waals surface area contributed by atoms with Gasteiger partial charge in [-0.3, -0.25) is 0 Å². The van der Waals surface area contributed by atoms with Crippen LogP contribution in [0.4, 0.5) is 0 Å². The van der Waals surface area contributed by atoms with E-state index in [1.807, 2.05) is 60.7 Å². The van der Waals surface area contributed by atoms with Crippen LogP contribution in [0.25, 0.3) is 65.7 Å². The van der Waals surface area contributed by atoms with E-state index in [0.29, 0.717) is 0 Å². The topological polar surface area (TPSA) is 17.1 Å². The first-order valence-corrected chi connectivity index (χ1v) is 18.7. The van der Waals surface area contributed by atoms with Crippen molar-refractivity contribution in [2.24, 2.45) is 0 Å². The highest BCUT2D eigenvalue weighted by Gasteiger charge is 2.29. The number of hydrogen-bond donors (Lipinski definition) is 0. The molecule has 9 rings (SSSR count). The van der Waals surface area contributed by atoms with E-state index in [2.05, 4.69) is 140 Å². The summed E-state index contributed by atoms with van der Waals surface area (Å²) in [6, 6.07) is 69.9. The molecule has 0 saturated heterocycles. The van der Waals surface area contributed by atoms with Crippen molar-refractivity contribution in [3.8, 4) is 33.4 Å². The maximum atomic E-state index is 15.1. The summed E-state index contributed by atoms with van der Waals surface area (Å²) in [5.74, 6) is 0. The van der Waals surface area contributed by atoms with E-state index in [9.17, 15) is 0 Å². The van der Waals surface area contributed by atoms with Crippen molar-refractivity contribution in [1.29, 1.82) is 0 Å². The maximum absolute atomic E-state index is 15.1. The molecule has 0 amide bonds. The second kappa shape index (κ2) is 12.5. The smallest absolute Gasteiger partial charge is 0.171 e. The van der Waals surface area contributed by atoms with Gasteiger partial charge in [0, 0.05) is 15.9 Å². The summed E-state index contributed by atoms with van der Waals surface area (Å²) in [7, 11) is -3.07. The van der Waals surface area contributed by atoms with Crippen molar-refractivity contribution in [3.63, 3.8) is 0 Å². The second-order valence-corrected chi connectivity index (χ2v) is 15.6. The lowest BCUT2D eigenvalue weighted by molar-refractivity contribution is 0.592. The van der Waals surface area contributed by atoms with Crippen LogP contribution in [0.5, 0.6) is 0 Å². The van der Waals surface area contributed by atoms with Crippen LogP contribution in [-0.4, -0.2) is 0 Å². The zero-order valence-electron chi connectivity index (χ0n) is 27.4. The van der Waals surface area contributed by atoms with Crippen molar-refractivity contribution < 1.29 is 4.57 Å². The van der Waals surface area contributed by atoms with Gasteiger partial charge in [0.2, 0.25) is 0 Å². The van der Waals surface area contributed by atoms with Crippen LogP contribution < -0.4 is 15.9 Å². The second-order valence-electron chi connectivity index (χ2n) is 12.8. The Bertz CT molecular complexity index is 2600. The van der Waals surface area contributed by atoms with Gasteiger partial charge in [0.25, 0.3) is 0 Å². The molecule has 0 atom stereocenters. The average Bonchev–Trinajstić information content (AvgIpc) is 3.20. The molecule has 236 valence electrons. The molecule has 0 N–H and O–H groups in total. The van der Waals surface area contributed by atoms with Crippen LogP contribution in [-0.2, 0) is 4.57 Å². The molecule has 9 aromatic rings. The highest BCUT2D eigenvalue weighted by Crippen LogP contribution is 2.46. The Balaban J connectivity index is 1.20. The highest BCUT2D eigenvalue weighted by atomic mass is 31.2. The summed E-state index contributed by atoms with van der Waals surface area (Å²) < 4.78 is 15.1. The Hall–Kier alpha value is -6.01. The fourth-order valence-electron chi connectivity index (χ4n) is 7.52. The monoisotopic (exact) mass is 656 g/mol. The Morgan fingerprint density at radius 1 is 0.280 bits per heavy atom. The van der Waals surface area contributed by atoms with E-state index in [-0.39, 0.29) is 0 Å². The molecule has 2 heteroatoms. The van der Waals surface area contributed by atoms with Gasteiger partial charge in [-0.05, 0) is 77.8 Å². The summed E-state index contributed by atoms with van der Waals surface area (Å²) in [5, 5.41) is 9.63. The van der Waals surface area contributed by atoms with Gasteiger partial charge in [-0.2, -0.15) is 0 Å². The average molecular weight is 657 g/mol. The van der Waals surface area contributed by atoms with Crippen molar-refractivity contribution >= 4 is 55.4 Å². The normalized spacial score (nSPS) is 11.7. The molecule has 0 bridgehead atoms. The largest absolute Gasteiger partial charge is 0.309 e. The molecular formula is C48H33OP. The van der Waals surface area contributed by atoms with Crippen LogP contribution in [0.15, 0.2) is 200 Å². The molecule has 0 aliphatic rings. The first-order chi connectivity index (χ1) is 24.7. The van der Waals surface area contributed by atoms with E-state index in [1.165, 1.54) is 49.4 Å². The highest BCUT2D eigenvalue weighted by molar-refractivity contribution is 7.85. The lowest BCUT2D eigenvalue weighted by atomic mass is 9.85. The molecule has 0 aliphatic heterocycles. The van der Waals surface area contributed by atoms with E-state index in [1.54, 1.807) is 0 Å². The molecule has 0 fully saturated rings. The van der Waals surface area contributed by atoms with Crippen LogP contribution >= 0.6 is 7.14 Å². The van der Waals surface area contributed by atoms with Crippen LogP contribution in [0, 0.1) is 0 Å². The summed E-state index contributed by atoms with van der Waals surface area (Å²) in [5.41, 5.74) is 7.28. The Kier molecular flexibility index (Phi) is 7.50. The van der Waals surface area contributed by atoms with Gasteiger partial charge in [0.15, 0.2) is 7.14 Å². The van der Waals surface area contributed by atoms with E-state index < -0.39 is 7.14 Å². The number of hydrogen-bond acceptors (Lipinski definition) is 1. The third-order valence-corrected chi connectivity index (χ3v) is 13.0. The minimum absolute atomic E-state index is 0.841. The first-order valence-electron chi connectivity index (χ1n) is 17.0. The molecule has 1 nitrogen and oxygen atoms in total. The molecule has 0 aliphatic carbocycles. The zero-order valence-corrected chi connectivity index (χ0v) is 28.3. The quantitative estimate of drug-likeness (QED) is 0.129. The van der Waals surface area contributed by atoms with Gasteiger partial charge in [0.1, 0.15) is 0 Å². The molecule has 0 unspecified atom stereocenters. The molecule has 9 aromatic carbocycles. The number of fused-ring (bicyclic) bond motifs is 3. The summed E-state index contributed by atoms with van der Waals surface area (Å²) in [6.45, 7) is 0. The summed E-state index contributed by atoms with van der Waals surface area (Å²) >= 11 is 0.